The Balaban J connectivity index is 2.52. The molecule has 0 spiro atoms. The highest BCUT2D eigenvalue weighted by Crippen LogP contribution is 2.29. The number of hydrogen-bond acceptors (Lipinski definition) is 3. The summed E-state index contributed by atoms with van der Waals surface area (Å²) in [5.41, 5.74) is 0.902. The van der Waals surface area contributed by atoms with Gasteiger partial charge < -0.3 is 10.1 Å². The van der Waals surface area contributed by atoms with Crippen LogP contribution in [0, 0.1) is 0 Å². The quantitative estimate of drug-likeness (QED) is 0.646. The van der Waals surface area contributed by atoms with Gasteiger partial charge in [0.25, 0.3) is 5.91 Å². The Labute approximate surface area is 74.5 Å². The normalized spacial score (nSPS) is 14.0. The van der Waals surface area contributed by atoms with Crippen LogP contribution in [-0.4, -0.2) is 18.8 Å². The highest BCUT2D eigenvalue weighted by molar-refractivity contribution is 6.00. The molecular weight excluding hydrogens is 170 g/mol. The first-order chi connectivity index (χ1) is 6.31. The fraction of sp³-hybridized carbons (Fsp3) is 0.111. The Morgan fingerprint density at radius 1 is 1.46 bits per heavy atom. The molecule has 0 saturated heterocycles. The number of anilines is 1. The van der Waals surface area contributed by atoms with Gasteiger partial charge in [0, 0.05) is 5.56 Å². The lowest BCUT2D eigenvalue weighted by molar-refractivity contribution is -0.118. The zero-order chi connectivity index (χ0) is 9.26. The van der Waals surface area contributed by atoms with E-state index in [2.05, 4.69) is 5.32 Å². The maximum atomic E-state index is 10.9. The van der Waals surface area contributed by atoms with Crippen molar-refractivity contribution in [3.05, 3.63) is 23.8 Å². The van der Waals surface area contributed by atoms with Crippen molar-refractivity contribution >= 4 is 17.9 Å². The van der Waals surface area contributed by atoms with Crippen molar-refractivity contribution in [2.45, 2.75) is 0 Å². The van der Waals surface area contributed by atoms with E-state index in [4.69, 9.17) is 4.74 Å². The number of fused-ring (bicyclic) bond motifs is 1. The van der Waals surface area contributed by atoms with Crippen LogP contribution >= 0.6 is 0 Å². The summed E-state index contributed by atoms with van der Waals surface area (Å²) in [6.07, 6.45) is 0.688. The minimum Gasteiger partial charge on any atom is -0.482 e. The van der Waals surface area contributed by atoms with Crippen molar-refractivity contribution in [3.63, 3.8) is 0 Å². The van der Waals surface area contributed by atoms with E-state index in [9.17, 15) is 9.59 Å². The van der Waals surface area contributed by atoms with E-state index in [0.29, 0.717) is 23.3 Å². The summed E-state index contributed by atoms with van der Waals surface area (Å²) in [4.78, 5) is 21.5. The van der Waals surface area contributed by atoms with Crippen LogP contribution in [0.15, 0.2) is 18.2 Å². The third-order valence-electron chi connectivity index (χ3n) is 1.81. The monoisotopic (exact) mass is 177 g/mol. The average Bonchev–Trinajstić information content (AvgIpc) is 2.17. The molecule has 13 heavy (non-hydrogen) atoms. The summed E-state index contributed by atoms with van der Waals surface area (Å²) in [6, 6.07) is 5.04. The second-order valence-corrected chi connectivity index (χ2v) is 2.68. The fourth-order valence-corrected chi connectivity index (χ4v) is 1.22. The van der Waals surface area contributed by atoms with Gasteiger partial charge in [0.2, 0.25) is 0 Å². The molecule has 1 amide bonds. The van der Waals surface area contributed by atoms with Crippen LogP contribution in [0.3, 0.4) is 0 Å². The number of nitrogens with one attached hydrogen (secondary N) is 1. The van der Waals surface area contributed by atoms with Crippen LogP contribution in [0.25, 0.3) is 0 Å². The van der Waals surface area contributed by atoms with Crippen molar-refractivity contribution in [1.29, 1.82) is 0 Å². The van der Waals surface area contributed by atoms with Gasteiger partial charge in [0.05, 0.1) is 5.69 Å². The average molecular weight is 177 g/mol. The van der Waals surface area contributed by atoms with Gasteiger partial charge in [-0.2, -0.15) is 0 Å². The summed E-state index contributed by atoms with van der Waals surface area (Å²) in [5.74, 6) is 0.311. The first-order valence-corrected chi connectivity index (χ1v) is 3.82. The Hall–Kier alpha value is -1.84. The molecule has 0 bridgehead atoms. The number of carbonyl (C=O) groups excluding carboxylic acids is 2. The van der Waals surface area contributed by atoms with Gasteiger partial charge in [0.15, 0.2) is 12.9 Å². The molecule has 1 aromatic rings. The number of ether oxygens (including phenoxy) is 1. The van der Waals surface area contributed by atoms with E-state index in [0.717, 1.165) is 0 Å². The van der Waals surface area contributed by atoms with E-state index in [1.807, 2.05) is 0 Å². The molecule has 0 radical (unpaired) electrons. The lowest BCUT2D eigenvalue weighted by Gasteiger charge is -2.18. The Morgan fingerprint density at radius 3 is 3.08 bits per heavy atom. The predicted octanol–water partition coefficient (Wildman–Crippen LogP) is 0.830. The smallest absolute Gasteiger partial charge is 0.262 e. The summed E-state index contributed by atoms with van der Waals surface area (Å²) >= 11 is 0. The van der Waals surface area contributed by atoms with Crippen LogP contribution in [0.5, 0.6) is 5.75 Å². The maximum absolute atomic E-state index is 10.9. The Morgan fingerprint density at radius 2 is 2.31 bits per heavy atom. The number of aldehydes is 1. The Bertz CT molecular complexity index is 373. The van der Waals surface area contributed by atoms with Gasteiger partial charge in [-0.25, -0.2) is 0 Å². The topological polar surface area (TPSA) is 55.4 Å². The largest absolute Gasteiger partial charge is 0.482 e. The number of hydrogen-bond donors (Lipinski definition) is 1. The lowest BCUT2D eigenvalue weighted by Crippen LogP contribution is -2.26. The molecule has 0 fully saturated rings. The van der Waals surface area contributed by atoms with Crippen LogP contribution in [0.4, 0.5) is 5.69 Å². The van der Waals surface area contributed by atoms with Crippen molar-refractivity contribution in [2.75, 3.05) is 11.9 Å². The molecule has 0 unspecified atom stereocenters. The molecule has 66 valence electrons. The van der Waals surface area contributed by atoms with Gasteiger partial charge in [-0.15, -0.1) is 0 Å². The molecule has 1 aromatic carbocycles. The number of para-hydroxylation sites is 1. The van der Waals surface area contributed by atoms with E-state index in [-0.39, 0.29) is 12.5 Å². The second kappa shape index (κ2) is 2.90. The molecule has 0 aromatic heterocycles. The summed E-state index contributed by atoms with van der Waals surface area (Å²) < 4.78 is 5.11. The van der Waals surface area contributed by atoms with Crippen molar-refractivity contribution < 1.29 is 14.3 Å². The molecule has 0 saturated carbocycles. The van der Waals surface area contributed by atoms with E-state index in [1.54, 1.807) is 18.2 Å². The molecule has 4 nitrogen and oxygen atoms in total. The summed E-state index contributed by atoms with van der Waals surface area (Å²) in [6.45, 7) is 0.00924. The van der Waals surface area contributed by atoms with Crippen molar-refractivity contribution in [2.24, 2.45) is 0 Å². The SMILES string of the molecule is O=Cc1cccc2c1NC(=O)CO2. The van der Waals surface area contributed by atoms with Gasteiger partial charge >= 0.3 is 0 Å². The predicted molar refractivity (Wildman–Crippen MR) is 46.0 cm³/mol. The zero-order valence-corrected chi connectivity index (χ0v) is 6.74. The first kappa shape index (κ1) is 7.79. The van der Waals surface area contributed by atoms with Crippen molar-refractivity contribution in [1.82, 2.24) is 0 Å². The first-order valence-electron chi connectivity index (χ1n) is 3.82. The number of rotatable bonds is 1. The lowest BCUT2D eigenvalue weighted by atomic mass is 10.1. The minimum atomic E-state index is -0.234. The number of amides is 1. The highest BCUT2D eigenvalue weighted by atomic mass is 16.5. The summed E-state index contributed by atoms with van der Waals surface area (Å²) in [7, 11) is 0. The van der Waals surface area contributed by atoms with E-state index in [1.165, 1.54) is 0 Å². The molecule has 4 heteroatoms. The molecule has 2 rings (SSSR count). The van der Waals surface area contributed by atoms with E-state index >= 15 is 0 Å². The molecular formula is C9H7NO3. The van der Waals surface area contributed by atoms with Crippen LogP contribution < -0.4 is 10.1 Å². The standard InChI is InChI=1S/C9H7NO3/c11-4-6-2-1-3-7-9(6)10-8(12)5-13-7/h1-4H,5H2,(H,10,12). The third kappa shape index (κ3) is 1.26. The van der Waals surface area contributed by atoms with E-state index < -0.39 is 0 Å². The maximum Gasteiger partial charge on any atom is 0.262 e. The van der Waals surface area contributed by atoms with Gasteiger partial charge in [-0.05, 0) is 12.1 Å². The van der Waals surface area contributed by atoms with Crippen molar-refractivity contribution in [3.8, 4) is 5.75 Å². The van der Waals surface area contributed by atoms with Gasteiger partial charge in [0.1, 0.15) is 5.75 Å². The third-order valence-corrected chi connectivity index (χ3v) is 1.81. The molecule has 0 atom stereocenters. The van der Waals surface area contributed by atoms with Crippen LogP contribution in [0.1, 0.15) is 10.4 Å². The molecule has 1 aliphatic heterocycles. The highest BCUT2D eigenvalue weighted by Gasteiger charge is 2.17. The number of benzene rings is 1. The molecule has 1 heterocycles. The molecule has 0 aliphatic carbocycles. The zero-order valence-electron chi connectivity index (χ0n) is 6.74. The summed E-state index contributed by atoms with van der Waals surface area (Å²) in [5, 5.41) is 2.58. The van der Waals surface area contributed by atoms with Crippen LogP contribution in [0.2, 0.25) is 0 Å². The van der Waals surface area contributed by atoms with Crippen LogP contribution in [-0.2, 0) is 4.79 Å². The van der Waals surface area contributed by atoms with Gasteiger partial charge in [-0.3, -0.25) is 9.59 Å². The second-order valence-electron chi connectivity index (χ2n) is 2.68. The Kier molecular flexibility index (Phi) is 1.73. The minimum absolute atomic E-state index is 0.00924. The molecule has 1 N–H and O–H groups in total. The molecule has 1 aliphatic rings. The fourth-order valence-electron chi connectivity index (χ4n) is 1.22. The number of carbonyl (C=O) groups is 2. The van der Waals surface area contributed by atoms with Gasteiger partial charge in [-0.1, -0.05) is 6.07 Å².